The Morgan fingerprint density at radius 2 is 2.04 bits per heavy atom. The fraction of sp³-hybridized carbons (Fsp3) is 0.467. The van der Waals surface area contributed by atoms with E-state index in [9.17, 15) is 19.1 Å². The maximum absolute atomic E-state index is 13.4. The summed E-state index contributed by atoms with van der Waals surface area (Å²) in [7, 11) is 0. The summed E-state index contributed by atoms with van der Waals surface area (Å²) in [5.74, 6) is -1.51. The van der Waals surface area contributed by atoms with E-state index in [1.54, 1.807) is 13.8 Å². The van der Waals surface area contributed by atoms with E-state index in [0.717, 1.165) is 6.07 Å². The summed E-state index contributed by atoms with van der Waals surface area (Å²) in [5, 5.41) is 15.3. The first-order valence-electron chi connectivity index (χ1n) is 7.09. The highest BCUT2D eigenvalue weighted by Gasteiger charge is 2.20. The molecule has 2 amide bonds. The highest BCUT2D eigenvalue weighted by Crippen LogP contribution is 2.08. The minimum absolute atomic E-state index is 0.123. The number of hydrogen-bond donors (Lipinski definition) is 4. The summed E-state index contributed by atoms with van der Waals surface area (Å²) in [6.45, 7) is 3.73. The molecule has 1 aromatic carbocycles. The molecule has 0 aliphatic rings. The van der Waals surface area contributed by atoms with Crippen molar-refractivity contribution in [3.63, 3.8) is 0 Å². The van der Waals surface area contributed by atoms with E-state index in [1.165, 1.54) is 18.2 Å². The number of benzene rings is 1. The van der Waals surface area contributed by atoms with Crippen LogP contribution in [0.5, 0.6) is 0 Å². The zero-order chi connectivity index (χ0) is 17.5. The number of esters is 1. The van der Waals surface area contributed by atoms with Gasteiger partial charge in [-0.3, -0.25) is 0 Å². The van der Waals surface area contributed by atoms with Crippen molar-refractivity contribution in [3.8, 4) is 0 Å². The summed E-state index contributed by atoms with van der Waals surface area (Å²) in [6, 6.07) is 4.81. The number of nitrogens with two attached hydrogens (primary N) is 1. The van der Waals surface area contributed by atoms with E-state index in [1.807, 2.05) is 0 Å². The molecule has 1 aromatic rings. The number of β-amino-alcohol motifs (C(OH)–C–C–N with tert-alkyl or cyclic N) is 1. The van der Waals surface area contributed by atoms with Gasteiger partial charge < -0.3 is 26.2 Å². The van der Waals surface area contributed by atoms with Crippen molar-refractivity contribution < 1.29 is 23.8 Å². The van der Waals surface area contributed by atoms with Crippen LogP contribution in [0, 0.1) is 5.82 Å². The molecular weight excluding hydrogens is 305 g/mol. The van der Waals surface area contributed by atoms with Crippen molar-refractivity contribution >= 4 is 12.0 Å². The Bertz CT molecular complexity index is 551. The Kier molecular flexibility index (Phi) is 6.92. The highest BCUT2D eigenvalue weighted by molar-refractivity contribution is 5.89. The van der Waals surface area contributed by atoms with Gasteiger partial charge in [-0.1, -0.05) is 12.1 Å². The largest absolute Gasteiger partial charge is 0.459 e. The van der Waals surface area contributed by atoms with Crippen LogP contribution in [0.4, 0.5) is 9.18 Å². The molecule has 0 saturated carbocycles. The molecule has 128 valence electrons. The van der Waals surface area contributed by atoms with E-state index >= 15 is 0 Å². The molecule has 1 atom stereocenters. The molecular formula is C15H22FN3O4. The van der Waals surface area contributed by atoms with Crippen molar-refractivity contribution in [2.45, 2.75) is 25.5 Å². The third-order valence-corrected chi connectivity index (χ3v) is 3.02. The number of aliphatic hydroxyl groups is 1. The second kappa shape index (κ2) is 8.44. The predicted octanol–water partition coefficient (Wildman–Crippen LogP) is 0.380. The molecule has 0 aliphatic carbocycles. The number of carbonyl (C=O) groups is 2. The van der Waals surface area contributed by atoms with Crippen molar-refractivity contribution in [2.24, 2.45) is 5.73 Å². The number of primary amides is 1. The molecule has 0 aliphatic heterocycles. The average molecular weight is 327 g/mol. The van der Waals surface area contributed by atoms with Gasteiger partial charge in [0.25, 0.3) is 0 Å². The normalized spacial score (nSPS) is 12.5. The lowest BCUT2D eigenvalue weighted by atomic mass is 10.1. The first kappa shape index (κ1) is 18.9. The molecule has 5 N–H and O–H groups in total. The summed E-state index contributed by atoms with van der Waals surface area (Å²) in [4.78, 5) is 22.4. The van der Waals surface area contributed by atoms with Gasteiger partial charge in [0.2, 0.25) is 0 Å². The third-order valence-electron chi connectivity index (χ3n) is 3.02. The van der Waals surface area contributed by atoms with Gasteiger partial charge in [-0.2, -0.15) is 0 Å². The molecule has 0 bridgehead atoms. The van der Waals surface area contributed by atoms with Crippen molar-refractivity contribution in [3.05, 3.63) is 35.6 Å². The Labute approximate surface area is 134 Å². The van der Waals surface area contributed by atoms with Gasteiger partial charge in [-0.25, -0.2) is 14.0 Å². The van der Waals surface area contributed by atoms with Crippen LogP contribution in [0.3, 0.4) is 0 Å². The van der Waals surface area contributed by atoms with Crippen LogP contribution in [0.2, 0.25) is 0 Å². The van der Waals surface area contributed by atoms with E-state index in [2.05, 4.69) is 10.6 Å². The zero-order valence-electron chi connectivity index (χ0n) is 13.1. The molecule has 0 heterocycles. The molecule has 0 spiro atoms. The van der Waals surface area contributed by atoms with Gasteiger partial charge in [0.1, 0.15) is 18.5 Å². The predicted molar refractivity (Wildman–Crippen MR) is 82.4 cm³/mol. The number of rotatable bonds is 8. The first-order valence-corrected chi connectivity index (χ1v) is 7.09. The number of halogens is 1. The second-order valence-corrected chi connectivity index (χ2v) is 5.71. The van der Waals surface area contributed by atoms with E-state index in [-0.39, 0.29) is 25.3 Å². The van der Waals surface area contributed by atoms with Crippen molar-refractivity contribution in [1.29, 1.82) is 0 Å². The molecule has 1 rings (SSSR count). The number of amides is 2. The molecule has 0 fully saturated rings. The fourth-order valence-electron chi connectivity index (χ4n) is 1.70. The third kappa shape index (κ3) is 7.07. The zero-order valence-corrected chi connectivity index (χ0v) is 13.1. The summed E-state index contributed by atoms with van der Waals surface area (Å²) >= 11 is 0. The SMILES string of the molecule is CC(C)(CNC(N)=O)NC[C@H](O)COC(=O)c1ccccc1F. The lowest BCUT2D eigenvalue weighted by Crippen LogP contribution is -2.52. The summed E-state index contributed by atoms with van der Waals surface area (Å²) < 4.78 is 18.3. The lowest BCUT2D eigenvalue weighted by Gasteiger charge is -2.27. The quantitative estimate of drug-likeness (QED) is 0.516. The number of carbonyl (C=O) groups excluding carboxylic acids is 2. The first-order chi connectivity index (χ1) is 10.7. The van der Waals surface area contributed by atoms with Gasteiger partial charge in [-0.05, 0) is 26.0 Å². The van der Waals surface area contributed by atoms with Gasteiger partial charge in [-0.15, -0.1) is 0 Å². The smallest absolute Gasteiger partial charge is 0.341 e. The molecule has 0 aromatic heterocycles. The molecule has 7 nitrogen and oxygen atoms in total. The number of urea groups is 1. The Morgan fingerprint density at radius 3 is 2.65 bits per heavy atom. The number of hydrogen-bond acceptors (Lipinski definition) is 5. The van der Waals surface area contributed by atoms with Crippen LogP contribution in [0.15, 0.2) is 24.3 Å². The van der Waals surface area contributed by atoms with E-state index < -0.39 is 29.5 Å². The Balaban J connectivity index is 2.37. The molecule has 8 heteroatoms. The molecule has 0 radical (unpaired) electrons. The minimum Gasteiger partial charge on any atom is -0.459 e. The number of ether oxygens (including phenoxy) is 1. The van der Waals surface area contributed by atoms with Crippen molar-refractivity contribution in [2.75, 3.05) is 19.7 Å². The molecule has 0 saturated heterocycles. The maximum Gasteiger partial charge on any atom is 0.341 e. The Morgan fingerprint density at radius 1 is 1.39 bits per heavy atom. The number of aliphatic hydroxyl groups excluding tert-OH is 1. The van der Waals surface area contributed by atoms with Gasteiger partial charge in [0.15, 0.2) is 0 Å². The van der Waals surface area contributed by atoms with E-state index in [0.29, 0.717) is 0 Å². The summed E-state index contributed by atoms with van der Waals surface area (Å²) in [6.07, 6.45) is -0.974. The van der Waals surface area contributed by atoms with Crippen LogP contribution in [-0.4, -0.2) is 48.4 Å². The maximum atomic E-state index is 13.4. The van der Waals surface area contributed by atoms with Gasteiger partial charge >= 0.3 is 12.0 Å². The lowest BCUT2D eigenvalue weighted by molar-refractivity contribution is 0.0241. The number of nitrogens with one attached hydrogen (secondary N) is 2. The average Bonchev–Trinajstić information content (AvgIpc) is 2.49. The molecule has 0 unspecified atom stereocenters. The van der Waals surface area contributed by atoms with Crippen LogP contribution in [-0.2, 0) is 4.74 Å². The van der Waals surface area contributed by atoms with Crippen molar-refractivity contribution in [1.82, 2.24) is 10.6 Å². The second-order valence-electron chi connectivity index (χ2n) is 5.71. The topological polar surface area (TPSA) is 114 Å². The summed E-state index contributed by atoms with van der Waals surface area (Å²) in [5.41, 5.74) is 4.30. The highest BCUT2D eigenvalue weighted by atomic mass is 19.1. The van der Waals surface area contributed by atoms with Gasteiger partial charge in [0.05, 0.1) is 5.56 Å². The monoisotopic (exact) mass is 327 g/mol. The van der Waals surface area contributed by atoms with E-state index in [4.69, 9.17) is 10.5 Å². The van der Waals surface area contributed by atoms with Gasteiger partial charge in [0, 0.05) is 18.6 Å². The van der Waals surface area contributed by atoms with Crippen LogP contribution < -0.4 is 16.4 Å². The van der Waals surface area contributed by atoms with Crippen LogP contribution in [0.1, 0.15) is 24.2 Å². The standard InChI is InChI=1S/C15H22FN3O4/c1-15(2,9-18-14(17)22)19-7-10(20)8-23-13(21)11-5-3-4-6-12(11)16/h3-6,10,19-20H,7-9H2,1-2H3,(H3,17,18,22)/t10-/m0/s1. The van der Waals surface area contributed by atoms with Crippen LogP contribution in [0.25, 0.3) is 0 Å². The minimum atomic E-state index is -0.974. The Hall–Kier alpha value is -2.19. The fourth-order valence-corrected chi connectivity index (χ4v) is 1.70. The molecule has 23 heavy (non-hydrogen) atoms. The van der Waals surface area contributed by atoms with Crippen LogP contribution >= 0.6 is 0 Å².